The molecule has 0 N–H and O–H groups in total. The molecule has 0 aliphatic heterocycles. The van der Waals surface area contributed by atoms with Crippen molar-refractivity contribution in [1.29, 1.82) is 5.26 Å². The number of ether oxygens (including phenoxy) is 1. The van der Waals surface area contributed by atoms with E-state index >= 15 is 0 Å². The molecule has 0 heterocycles. The topological polar surface area (TPSA) is 76.2 Å². The molecule has 1 aromatic carbocycles. The Morgan fingerprint density at radius 2 is 2.40 bits per heavy atom. The fraction of sp³-hybridized carbons (Fsp3) is 0.100. The van der Waals surface area contributed by atoms with Gasteiger partial charge in [-0.15, -0.1) is 0 Å². The summed E-state index contributed by atoms with van der Waals surface area (Å²) in [5.74, 6) is 0.307. The highest BCUT2D eigenvalue weighted by molar-refractivity contribution is 5.64. The van der Waals surface area contributed by atoms with Gasteiger partial charge in [-0.1, -0.05) is 12.1 Å². The van der Waals surface area contributed by atoms with E-state index in [9.17, 15) is 10.1 Å². The van der Waals surface area contributed by atoms with E-state index in [0.717, 1.165) is 0 Å². The number of nitriles is 1. The molecular formula is C10H8N2O3. The molecule has 0 saturated heterocycles. The van der Waals surface area contributed by atoms with Gasteiger partial charge in [-0.05, 0) is 0 Å². The lowest BCUT2D eigenvalue weighted by Crippen LogP contribution is -1.91. The second-order valence-electron chi connectivity index (χ2n) is 2.65. The van der Waals surface area contributed by atoms with Gasteiger partial charge in [0.15, 0.2) is 0 Å². The van der Waals surface area contributed by atoms with E-state index in [4.69, 9.17) is 10.00 Å². The Bertz CT molecular complexity index is 446. The van der Waals surface area contributed by atoms with Crippen LogP contribution >= 0.6 is 0 Å². The average Bonchev–Trinajstić information content (AvgIpc) is 2.26. The number of hydrogen-bond donors (Lipinski definition) is 0. The molecule has 5 nitrogen and oxygen atoms in total. The van der Waals surface area contributed by atoms with Crippen molar-refractivity contribution in [2.24, 2.45) is 0 Å². The van der Waals surface area contributed by atoms with Crippen molar-refractivity contribution >= 4 is 11.4 Å². The third-order valence-electron chi connectivity index (χ3n) is 1.76. The first-order chi connectivity index (χ1) is 7.19. The highest BCUT2D eigenvalue weighted by Crippen LogP contribution is 2.20. The zero-order valence-corrected chi connectivity index (χ0v) is 8.01. The summed E-state index contributed by atoms with van der Waals surface area (Å²) in [6, 6.07) is 7.72. The van der Waals surface area contributed by atoms with Gasteiger partial charge in [-0.25, -0.2) is 0 Å². The molecule has 76 valence electrons. The summed E-state index contributed by atoms with van der Waals surface area (Å²) >= 11 is 0. The van der Waals surface area contributed by atoms with Gasteiger partial charge in [-0.3, -0.25) is 10.1 Å². The predicted molar refractivity (Wildman–Crippen MR) is 53.7 cm³/mol. The molecule has 5 heteroatoms. The minimum Gasteiger partial charge on any atom is -0.495 e. The molecule has 0 aliphatic carbocycles. The fourth-order valence-corrected chi connectivity index (χ4v) is 1.09. The molecule has 0 aliphatic rings. The smallest absolute Gasteiger partial charge is 0.270 e. The minimum atomic E-state index is -0.497. The fourth-order valence-electron chi connectivity index (χ4n) is 1.09. The molecule has 0 aromatic heterocycles. The van der Waals surface area contributed by atoms with Crippen LogP contribution in [0.1, 0.15) is 5.56 Å². The van der Waals surface area contributed by atoms with Crippen LogP contribution in [0.2, 0.25) is 0 Å². The Labute approximate surface area is 86.4 Å². The molecule has 1 rings (SSSR count). The number of allylic oxidation sites excluding steroid dienone is 1. The standard InChI is InChI=1S/C10H8N2O3/c1-15-10(5-6-11)8-3-2-4-9(7-8)12(13)14/h2-5,7H,1H3/b10-5+. The molecule has 0 unspecified atom stereocenters. The lowest BCUT2D eigenvalue weighted by Gasteiger charge is -2.03. The number of hydrogen-bond acceptors (Lipinski definition) is 4. The molecule has 0 spiro atoms. The van der Waals surface area contributed by atoms with Crippen LogP contribution in [-0.2, 0) is 4.74 Å². The van der Waals surface area contributed by atoms with Gasteiger partial charge in [0, 0.05) is 17.7 Å². The van der Waals surface area contributed by atoms with E-state index in [-0.39, 0.29) is 5.69 Å². The van der Waals surface area contributed by atoms with Crippen molar-refractivity contribution in [2.45, 2.75) is 0 Å². The second kappa shape index (κ2) is 4.77. The highest BCUT2D eigenvalue weighted by Gasteiger charge is 2.08. The van der Waals surface area contributed by atoms with E-state index < -0.39 is 4.92 Å². The Morgan fingerprint density at radius 3 is 2.93 bits per heavy atom. The van der Waals surface area contributed by atoms with Crippen molar-refractivity contribution in [3.05, 3.63) is 46.0 Å². The van der Waals surface area contributed by atoms with Crippen molar-refractivity contribution in [2.75, 3.05) is 7.11 Å². The Morgan fingerprint density at radius 1 is 1.67 bits per heavy atom. The Balaban J connectivity index is 3.16. The van der Waals surface area contributed by atoms with Crippen LogP contribution in [0.5, 0.6) is 0 Å². The van der Waals surface area contributed by atoms with Crippen LogP contribution in [0, 0.1) is 21.4 Å². The summed E-state index contributed by atoms with van der Waals surface area (Å²) in [5.41, 5.74) is 0.474. The van der Waals surface area contributed by atoms with E-state index in [0.29, 0.717) is 11.3 Å². The summed E-state index contributed by atoms with van der Waals surface area (Å²) in [6.07, 6.45) is 1.19. The van der Waals surface area contributed by atoms with Crippen LogP contribution in [0.4, 0.5) is 5.69 Å². The maximum Gasteiger partial charge on any atom is 0.270 e. The van der Waals surface area contributed by atoms with Crippen molar-refractivity contribution in [3.8, 4) is 6.07 Å². The zero-order chi connectivity index (χ0) is 11.3. The van der Waals surface area contributed by atoms with Crippen molar-refractivity contribution < 1.29 is 9.66 Å². The highest BCUT2D eigenvalue weighted by atomic mass is 16.6. The number of nitrogens with zero attached hydrogens (tertiary/aromatic N) is 2. The van der Waals surface area contributed by atoms with Gasteiger partial charge in [0.25, 0.3) is 5.69 Å². The summed E-state index contributed by atoms with van der Waals surface area (Å²) in [5, 5.41) is 19.0. The van der Waals surface area contributed by atoms with Gasteiger partial charge in [0.2, 0.25) is 0 Å². The molecule has 1 aromatic rings. The molecule has 0 atom stereocenters. The quantitative estimate of drug-likeness (QED) is 0.327. The SMILES string of the molecule is CO/C(=C/C#N)c1cccc([N+](=O)[O-])c1. The van der Waals surface area contributed by atoms with E-state index in [1.54, 1.807) is 6.07 Å². The van der Waals surface area contributed by atoms with E-state index in [2.05, 4.69) is 0 Å². The number of non-ortho nitro benzene ring substituents is 1. The Kier molecular flexibility index (Phi) is 3.41. The third kappa shape index (κ3) is 2.54. The first kappa shape index (κ1) is 10.7. The van der Waals surface area contributed by atoms with Crippen LogP contribution < -0.4 is 0 Å². The van der Waals surface area contributed by atoms with Gasteiger partial charge in [0.1, 0.15) is 5.76 Å². The first-order valence-corrected chi connectivity index (χ1v) is 4.07. The van der Waals surface area contributed by atoms with E-state index in [1.165, 1.54) is 31.4 Å². The van der Waals surface area contributed by atoms with Crippen LogP contribution in [-0.4, -0.2) is 12.0 Å². The lowest BCUT2D eigenvalue weighted by molar-refractivity contribution is -0.384. The van der Waals surface area contributed by atoms with Gasteiger partial charge < -0.3 is 4.74 Å². The van der Waals surface area contributed by atoms with Crippen molar-refractivity contribution in [1.82, 2.24) is 0 Å². The monoisotopic (exact) mass is 204 g/mol. The van der Waals surface area contributed by atoms with Gasteiger partial charge in [-0.2, -0.15) is 5.26 Å². The van der Waals surface area contributed by atoms with Crippen molar-refractivity contribution in [3.63, 3.8) is 0 Å². The van der Waals surface area contributed by atoms with Crippen LogP contribution in [0.25, 0.3) is 5.76 Å². The second-order valence-corrected chi connectivity index (χ2v) is 2.65. The molecule has 0 bridgehead atoms. The Hall–Kier alpha value is -2.35. The molecule has 15 heavy (non-hydrogen) atoms. The third-order valence-corrected chi connectivity index (χ3v) is 1.76. The molecule has 0 fully saturated rings. The summed E-state index contributed by atoms with van der Waals surface area (Å²) in [6.45, 7) is 0. The molecule has 0 saturated carbocycles. The normalized spacial score (nSPS) is 10.5. The number of rotatable bonds is 3. The van der Waals surface area contributed by atoms with Crippen LogP contribution in [0.15, 0.2) is 30.3 Å². The first-order valence-electron chi connectivity index (χ1n) is 4.07. The van der Waals surface area contributed by atoms with E-state index in [1.807, 2.05) is 6.07 Å². The predicted octanol–water partition coefficient (Wildman–Crippen LogP) is 2.11. The summed E-state index contributed by atoms with van der Waals surface area (Å²) in [4.78, 5) is 10.0. The van der Waals surface area contributed by atoms with Gasteiger partial charge in [0.05, 0.1) is 24.2 Å². The number of benzene rings is 1. The largest absolute Gasteiger partial charge is 0.495 e. The van der Waals surface area contributed by atoms with Gasteiger partial charge >= 0.3 is 0 Å². The summed E-state index contributed by atoms with van der Waals surface area (Å²) in [7, 11) is 1.40. The number of nitro benzene ring substituents is 1. The molecular weight excluding hydrogens is 196 g/mol. The molecule has 0 radical (unpaired) electrons. The minimum absolute atomic E-state index is 0.0339. The summed E-state index contributed by atoms with van der Waals surface area (Å²) < 4.78 is 4.93. The molecule has 0 amide bonds. The zero-order valence-electron chi connectivity index (χ0n) is 8.01. The number of nitro groups is 1. The number of methoxy groups -OCH3 is 1. The maximum atomic E-state index is 10.5. The lowest BCUT2D eigenvalue weighted by atomic mass is 10.1. The maximum absolute atomic E-state index is 10.5. The van der Waals surface area contributed by atoms with Crippen LogP contribution in [0.3, 0.4) is 0 Å². The average molecular weight is 204 g/mol.